The molecule has 1 N–H and O–H groups in total. The Balaban J connectivity index is 2.16. The van der Waals surface area contributed by atoms with Crippen LogP contribution in [0.15, 0.2) is 54.6 Å². The fourth-order valence-electron chi connectivity index (χ4n) is 1.92. The van der Waals surface area contributed by atoms with Gasteiger partial charge in [-0.05, 0) is 25.7 Å². The highest BCUT2D eigenvalue weighted by molar-refractivity contribution is 5.77. The zero-order valence-corrected chi connectivity index (χ0v) is 11.1. The van der Waals surface area contributed by atoms with Crippen LogP contribution < -0.4 is 5.32 Å². The summed E-state index contributed by atoms with van der Waals surface area (Å²) in [6.07, 6.45) is 0. The molecule has 2 rings (SSSR count). The number of nitrogens with one attached hydrogen (secondary N) is 1. The molecule has 94 valence electrons. The largest absolute Gasteiger partial charge is 0.383 e. The predicted octanol–water partition coefficient (Wildman–Crippen LogP) is 3.33. The van der Waals surface area contributed by atoms with Crippen molar-refractivity contribution in [3.8, 4) is 11.1 Å². The van der Waals surface area contributed by atoms with E-state index >= 15 is 0 Å². The van der Waals surface area contributed by atoms with Gasteiger partial charge in [-0.15, -0.1) is 0 Å². The van der Waals surface area contributed by atoms with Crippen LogP contribution in [0, 0.1) is 0 Å². The second-order valence-electron chi connectivity index (χ2n) is 4.64. The van der Waals surface area contributed by atoms with E-state index in [1.165, 1.54) is 16.8 Å². The highest BCUT2D eigenvalue weighted by atomic mass is 15.1. The zero-order valence-electron chi connectivity index (χ0n) is 11.1. The molecule has 0 heterocycles. The number of para-hydroxylation sites is 1. The minimum Gasteiger partial charge on any atom is -0.383 e. The van der Waals surface area contributed by atoms with Crippen LogP contribution in [-0.4, -0.2) is 32.1 Å². The van der Waals surface area contributed by atoms with Crippen molar-refractivity contribution in [1.82, 2.24) is 4.90 Å². The first kappa shape index (κ1) is 12.7. The third-order valence-corrected chi connectivity index (χ3v) is 2.89. The number of hydrogen-bond donors (Lipinski definition) is 1. The lowest BCUT2D eigenvalue weighted by molar-refractivity contribution is 0.425. The summed E-state index contributed by atoms with van der Waals surface area (Å²) in [5, 5.41) is 3.50. The maximum Gasteiger partial charge on any atom is 0.0420 e. The summed E-state index contributed by atoms with van der Waals surface area (Å²) in [7, 11) is 4.18. The fourth-order valence-corrected chi connectivity index (χ4v) is 1.92. The maximum absolute atomic E-state index is 3.50. The highest BCUT2D eigenvalue weighted by Gasteiger charge is 2.03. The van der Waals surface area contributed by atoms with Gasteiger partial charge in [-0.2, -0.15) is 0 Å². The van der Waals surface area contributed by atoms with E-state index in [4.69, 9.17) is 0 Å². The molecule has 0 unspecified atom stereocenters. The molecule has 0 saturated carbocycles. The fraction of sp³-hybridized carbons (Fsp3) is 0.250. The Bertz CT molecular complexity index is 477. The molecule has 0 aliphatic heterocycles. The van der Waals surface area contributed by atoms with E-state index in [2.05, 4.69) is 72.8 Å². The summed E-state index contributed by atoms with van der Waals surface area (Å²) >= 11 is 0. The molecule has 0 aromatic heterocycles. The topological polar surface area (TPSA) is 15.3 Å². The van der Waals surface area contributed by atoms with Gasteiger partial charge in [0.2, 0.25) is 0 Å². The molecule has 2 aromatic carbocycles. The summed E-state index contributed by atoms with van der Waals surface area (Å²) < 4.78 is 0. The van der Waals surface area contributed by atoms with Crippen LogP contribution in [-0.2, 0) is 0 Å². The summed E-state index contributed by atoms with van der Waals surface area (Å²) in [4.78, 5) is 2.18. The molecule has 2 aromatic rings. The molecule has 0 aliphatic carbocycles. The van der Waals surface area contributed by atoms with Gasteiger partial charge in [0, 0.05) is 24.3 Å². The van der Waals surface area contributed by atoms with Crippen molar-refractivity contribution in [1.29, 1.82) is 0 Å². The molecule has 2 nitrogen and oxygen atoms in total. The Labute approximate surface area is 109 Å². The zero-order chi connectivity index (χ0) is 12.8. The van der Waals surface area contributed by atoms with Crippen molar-refractivity contribution in [2.45, 2.75) is 0 Å². The third kappa shape index (κ3) is 3.34. The minimum absolute atomic E-state index is 0.955. The molecule has 0 amide bonds. The van der Waals surface area contributed by atoms with Crippen molar-refractivity contribution in [3.63, 3.8) is 0 Å². The monoisotopic (exact) mass is 240 g/mol. The summed E-state index contributed by atoms with van der Waals surface area (Å²) in [5.74, 6) is 0. The van der Waals surface area contributed by atoms with E-state index in [0.29, 0.717) is 0 Å². The molecule has 0 spiro atoms. The minimum atomic E-state index is 0.955. The number of nitrogens with zero attached hydrogens (tertiary/aromatic N) is 1. The van der Waals surface area contributed by atoms with Gasteiger partial charge in [-0.1, -0.05) is 48.5 Å². The molecule has 0 fully saturated rings. The average molecular weight is 240 g/mol. The smallest absolute Gasteiger partial charge is 0.0420 e. The summed E-state index contributed by atoms with van der Waals surface area (Å²) in [5.41, 5.74) is 3.72. The van der Waals surface area contributed by atoms with E-state index in [-0.39, 0.29) is 0 Å². The van der Waals surface area contributed by atoms with Crippen LogP contribution in [0.2, 0.25) is 0 Å². The molecule has 0 aliphatic rings. The van der Waals surface area contributed by atoms with E-state index in [1.54, 1.807) is 0 Å². The molecule has 2 heteroatoms. The standard InChI is InChI=1S/C16H20N2/c1-18(2)13-12-17-16-11-7-6-10-15(16)14-8-4-3-5-9-14/h3-11,17H,12-13H2,1-2H3. The van der Waals surface area contributed by atoms with Gasteiger partial charge in [0.15, 0.2) is 0 Å². The first-order valence-corrected chi connectivity index (χ1v) is 6.30. The molecule has 0 saturated heterocycles. The molecular formula is C16H20N2. The van der Waals surface area contributed by atoms with Gasteiger partial charge in [0.05, 0.1) is 0 Å². The van der Waals surface area contributed by atoms with Crippen molar-refractivity contribution in [3.05, 3.63) is 54.6 Å². The van der Waals surface area contributed by atoms with Crippen LogP contribution in [0.25, 0.3) is 11.1 Å². The molecule has 18 heavy (non-hydrogen) atoms. The van der Waals surface area contributed by atoms with Crippen molar-refractivity contribution in [2.75, 3.05) is 32.5 Å². The Morgan fingerprint density at radius 3 is 2.28 bits per heavy atom. The van der Waals surface area contributed by atoms with Crippen LogP contribution in [0.1, 0.15) is 0 Å². The van der Waals surface area contributed by atoms with Crippen molar-refractivity contribution >= 4 is 5.69 Å². The normalized spacial score (nSPS) is 10.6. The SMILES string of the molecule is CN(C)CCNc1ccccc1-c1ccccc1. The second-order valence-corrected chi connectivity index (χ2v) is 4.64. The van der Waals surface area contributed by atoms with Crippen molar-refractivity contribution < 1.29 is 0 Å². The summed E-state index contributed by atoms with van der Waals surface area (Å²) in [6.45, 7) is 1.99. The quantitative estimate of drug-likeness (QED) is 0.862. The molecular weight excluding hydrogens is 220 g/mol. The lowest BCUT2D eigenvalue weighted by Gasteiger charge is -2.14. The van der Waals surface area contributed by atoms with Gasteiger partial charge in [0.1, 0.15) is 0 Å². The van der Waals surface area contributed by atoms with Gasteiger partial charge in [-0.25, -0.2) is 0 Å². The van der Waals surface area contributed by atoms with E-state index in [1.807, 2.05) is 6.07 Å². The van der Waals surface area contributed by atoms with Crippen LogP contribution in [0.4, 0.5) is 5.69 Å². The molecule has 0 bridgehead atoms. The van der Waals surface area contributed by atoms with E-state index in [9.17, 15) is 0 Å². The van der Waals surface area contributed by atoms with E-state index < -0.39 is 0 Å². The van der Waals surface area contributed by atoms with Crippen molar-refractivity contribution in [2.24, 2.45) is 0 Å². The van der Waals surface area contributed by atoms with Gasteiger partial charge < -0.3 is 10.2 Å². The number of hydrogen-bond acceptors (Lipinski definition) is 2. The highest BCUT2D eigenvalue weighted by Crippen LogP contribution is 2.27. The van der Waals surface area contributed by atoms with Crippen LogP contribution >= 0.6 is 0 Å². The molecule has 0 radical (unpaired) electrons. The maximum atomic E-state index is 3.50. The molecule has 0 atom stereocenters. The number of anilines is 1. The predicted molar refractivity (Wildman–Crippen MR) is 78.9 cm³/mol. The second kappa shape index (κ2) is 6.22. The number of likely N-dealkylation sites (N-methyl/N-ethyl adjacent to an activating group) is 1. The van der Waals surface area contributed by atoms with Gasteiger partial charge >= 0.3 is 0 Å². The van der Waals surface area contributed by atoms with E-state index in [0.717, 1.165) is 13.1 Å². The van der Waals surface area contributed by atoms with Crippen LogP contribution in [0.3, 0.4) is 0 Å². The van der Waals surface area contributed by atoms with Gasteiger partial charge in [-0.3, -0.25) is 0 Å². The Hall–Kier alpha value is -1.80. The Kier molecular flexibility index (Phi) is 4.37. The summed E-state index contributed by atoms with van der Waals surface area (Å²) in [6, 6.07) is 18.9. The number of rotatable bonds is 5. The number of benzene rings is 2. The Morgan fingerprint density at radius 2 is 1.56 bits per heavy atom. The van der Waals surface area contributed by atoms with Gasteiger partial charge in [0.25, 0.3) is 0 Å². The lowest BCUT2D eigenvalue weighted by atomic mass is 10.0. The first-order chi connectivity index (χ1) is 8.77. The first-order valence-electron chi connectivity index (χ1n) is 6.30. The lowest BCUT2D eigenvalue weighted by Crippen LogP contribution is -2.20. The van der Waals surface area contributed by atoms with Crippen LogP contribution in [0.5, 0.6) is 0 Å². The third-order valence-electron chi connectivity index (χ3n) is 2.89. The average Bonchev–Trinajstić information content (AvgIpc) is 2.40. The Morgan fingerprint density at radius 1 is 0.889 bits per heavy atom.